The van der Waals surface area contributed by atoms with Crippen LogP contribution in [0.4, 0.5) is 13.2 Å². The summed E-state index contributed by atoms with van der Waals surface area (Å²) in [5.74, 6) is 0. The van der Waals surface area contributed by atoms with Gasteiger partial charge in [0, 0.05) is 0 Å². The maximum Gasteiger partial charge on any atom is 0.422 e. The van der Waals surface area contributed by atoms with Gasteiger partial charge in [-0.15, -0.1) is 0 Å². The summed E-state index contributed by atoms with van der Waals surface area (Å²) < 4.78 is 74.1. The third kappa shape index (κ3) is 6.18. The molecule has 0 radical (unpaired) electrons. The Hall–Kier alpha value is -2.79. The van der Waals surface area contributed by atoms with Gasteiger partial charge in [0.05, 0.1) is 18.4 Å². The van der Waals surface area contributed by atoms with Crippen LogP contribution in [0.1, 0.15) is 40.2 Å². The lowest BCUT2D eigenvalue weighted by Gasteiger charge is -2.52. The minimum Gasteiger partial charge on any atom is -0.376 e. The third-order valence-corrected chi connectivity index (χ3v) is 15.4. The zero-order valence-corrected chi connectivity index (χ0v) is 27.4. The summed E-state index contributed by atoms with van der Waals surface area (Å²) >= 11 is 0. The van der Waals surface area contributed by atoms with E-state index in [0.29, 0.717) is 15.9 Å². The standard InChI is InChI=1S/C35H40F3O4P2/c1-27(2)41-43(40,42-28(3)4)26-34(39,35(36,37)38)33(5,29-18-10-6-11-19-29)44(30-20-12-7-13-21-30,31-22-14-8-15-23-31)32-24-16-9-17-25-32/h6-25,27-28,39H,26H2,1-5H3/q+1. The molecule has 4 nitrogen and oxygen atoms in total. The van der Waals surface area contributed by atoms with Gasteiger partial charge in [-0.25, -0.2) is 0 Å². The second-order valence-electron chi connectivity index (χ2n) is 11.6. The molecule has 0 aliphatic heterocycles. The summed E-state index contributed by atoms with van der Waals surface area (Å²) in [6.45, 7) is 7.78. The van der Waals surface area contributed by atoms with Crippen LogP contribution in [0, 0.1) is 0 Å². The topological polar surface area (TPSA) is 55.8 Å². The molecule has 0 saturated carbocycles. The van der Waals surface area contributed by atoms with E-state index in [0.717, 1.165) is 0 Å². The monoisotopic (exact) mass is 643 g/mol. The lowest BCUT2D eigenvalue weighted by Crippen LogP contribution is -2.66. The first-order valence-electron chi connectivity index (χ1n) is 14.6. The van der Waals surface area contributed by atoms with Crippen LogP contribution in [0.15, 0.2) is 121 Å². The number of aliphatic hydroxyl groups is 1. The van der Waals surface area contributed by atoms with Crippen molar-refractivity contribution < 1.29 is 31.9 Å². The van der Waals surface area contributed by atoms with E-state index in [2.05, 4.69) is 0 Å². The molecule has 0 bridgehead atoms. The summed E-state index contributed by atoms with van der Waals surface area (Å²) in [7, 11) is -8.13. The smallest absolute Gasteiger partial charge is 0.376 e. The fraction of sp³-hybridized carbons (Fsp3) is 0.314. The maximum atomic E-state index is 16.1. The molecule has 9 heteroatoms. The molecule has 0 saturated heterocycles. The fourth-order valence-corrected chi connectivity index (χ4v) is 14.5. The van der Waals surface area contributed by atoms with Crippen molar-refractivity contribution in [1.29, 1.82) is 0 Å². The van der Waals surface area contributed by atoms with Gasteiger partial charge in [0.2, 0.25) is 5.60 Å². The first-order chi connectivity index (χ1) is 20.7. The Morgan fingerprint density at radius 2 is 0.977 bits per heavy atom. The Labute approximate surface area is 259 Å². The Bertz CT molecular complexity index is 1420. The summed E-state index contributed by atoms with van der Waals surface area (Å²) in [4.78, 5) is 0. The zero-order valence-electron chi connectivity index (χ0n) is 25.6. The molecule has 44 heavy (non-hydrogen) atoms. The molecule has 0 heterocycles. The van der Waals surface area contributed by atoms with Crippen LogP contribution in [0.2, 0.25) is 0 Å². The van der Waals surface area contributed by atoms with E-state index in [1.165, 1.54) is 6.92 Å². The van der Waals surface area contributed by atoms with E-state index in [-0.39, 0.29) is 5.56 Å². The third-order valence-electron chi connectivity index (χ3n) is 7.88. The van der Waals surface area contributed by atoms with E-state index in [9.17, 15) is 9.67 Å². The Kier molecular flexibility index (Phi) is 10.3. The Morgan fingerprint density at radius 1 is 0.659 bits per heavy atom. The average Bonchev–Trinajstić information content (AvgIpc) is 2.98. The van der Waals surface area contributed by atoms with Crippen LogP contribution < -0.4 is 15.9 Å². The summed E-state index contributed by atoms with van der Waals surface area (Å²) in [6.07, 6.45) is -8.04. The highest BCUT2D eigenvalue weighted by Crippen LogP contribution is 2.76. The molecule has 4 aromatic carbocycles. The summed E-state index contributed by atoms with van der Waals surface area (Å²) in [5.41, 5.74) is -3.37. The number of alkyl halides is 3. The summed E-state index contributed by atoms with van der Waals surface area (Å²) in [6, 6.07) is 35.4. The van der Waals surface area contributed by atoms with Crippen molar-refractivity contribution in [3.63, 3.8) is 0 Å². The summed E-state index contributed by atoms with van der Waals surface area (Å²) in [5, 5.41) is 12.5. The maximum absolute atomic E-state index is 16.1. The molecule has 1 N–H and O–H groups in total. The highest BCUT2D eigenvalue weighted by molar-refractivity contribution is 7.96. The minimum atomic E-state index is -5.28. The molecule has 0 spiro atoms. The predicted octanol–water partition coefficient (Wildman–Crippen LogP) is 8.23. The lowest BCUT2D eigenvalue weighted by molar-refractivity contribution is -0.265. The molecule has 0 fully saturated rings. The van der Waals surface area contributed by atoms with E-state index in [1.807, 2.05) is 54.6 Å². The number of benzene rings is 4. The second kappa shape index (κ2) is 13.3. The van der Waals surface area contributed by atoms with Crippen LogP contribution in [0.3, 0.4) is 0 Å². The molecular weight excluding hydrogens is 603 g/mol. The van der Waals surface area contributed by atoms with Crippen molar-refractivity contribution in [3.05, 3.63) is 127 Å². The second-order valence-corrected chi connectivity index (χ2v) is 17.3. The highest BCUT2D eigenvalue weighted by Gasteiger charge is 2.79. The van der Waals surface area contributed by atoms with Gasteiger partial charge in [0.1, 0.15) is 23.2 Å². The molecule has 0 aliphatic rings. The van der Waals surface area contributed by atoms with Gasteiger partial charge in [0.25, 0.3) is 0 Å². The van der Waals surface area contributed by atoms with Gasteiger partial charge < -0.3 is 14.2 Å². The van der Waals surface area contributed by atoms with Crippen molar-refractivity contribution in [2.45, 2.75) is 63.8 Å². The molecule has 0 amide bonds. The van der Waals surface area contributed by atoms with Crippen molar-refractivity contribution in [1.82, 2.24) is 0 Å². The van der Waals surface area contributed by atoms with Gasteiger partial charge in [-0.2, -0.15) is 13.2 Å². The number of halogens is 3. The van der Waals surface area contributed by atoms with Gasteiger partial charge in [-0.1, -0.05) is 84.9 Å². The number of hydrogen-bond acceptors (Lipinski definition) is 4. The highest BCUT2D eigenvalue weighted by atomic mass is 31.2. The number of rotatable bonds is 12. The van der Waals surface area contributed by atoms with Crippen molar-refractivity contribution in [2.75, 3.05) is 6.16 Å². The van der Waals surface area contributed by atoms with Crippen LogP contribution >= 0.6 is 14.9 Å². The van der Waals surface area contributed by atoms with Crippen LogP contribution in [0.5, 0.6) is 0 Å². The van der Waals surface area contributed by atoms with E-state index in [4.69, 9.17) is 9.05 Å². The van der Waals surface area contributed by atoms with Gasteiger partial charge in [0.15, 0.2) is 5.16 Å². The lowest BCUT2D eigenvalue weighted by atomic mass is 9.82. The SMILES string of the molecule is CC(C)OP(=O)(CC(O)(C(F)(F)F)C(C)(c1ccccc1)[P+](c1ccccc1)(c1ccccc1)c1ccccc1)OC(C)C. The van der Waals surface area contributed by atoms with Crippen LogP contribution in [-0.2, 0) is 18.8 Å². The van der Waals surface area contributed by atoms with Gasteiger partial charge in [-0.05, 0) is 76.6 Å². The van der Waals surface area contributed by atoms with Crippen molar-refractivity contribution in [2.24, 2.45) is 0 Å². The molecule has 234 valence electrons. The Balaban J connectivity index is 2.27. The molecular formula is C35H40F3O4P2+. The van der Waals surface area contributed by atoms with Crippen LogP contribution in [-0.4, -0.2) is 35.3 Å². The molecule has 2 unspecified atom stereocenters. The van der Waals surface area contributed by atoms with Gasteiger partial charge >= 0.3 is 13.8 Å². The minimum absolute atomic E-state index is 0.241. The number of hydrogen-bond donors (Lipinski definition) is 1. The van der Waals surface area contributed by atoms with E-state index >= 15 is 13.2 Å². The first kappa shape index (κ1) is 34.1. The molecule has 2 atom stereocenters. The van der Waals surface area contributed by atoms with Crippen LogP contribution in [0.25, 0.3) is 0 Å². The van der Waals surface area contributed by atoms with Crippen molar-refractivity contribution in [3.8, 4) is 0 Å². The van der Waals surface area contributed by atoms with Gasteiger partial charge in [-0.3, -0.25) is 4.57 Å². The average molecular weight is 644 g/mol. The zero-order chi connectivity index (χ0) is 32.2. The quantitative estimate of drug-likeness (QED) is 0.158. The normalized spacial score (nSPS) is 15.6. The predicted molar refractivity (Wildman–Crippen MR) is 175 cm³/mol. The first-order valence-corrected chi connectivity index (χ1v) is 18.1. The fourth-order valence-electron chi connectivity index (χ4n) is 6.19. The largest absolute Gasteiger partial charge is 0.422 e. The van der Waals surface area contributed by atoms with Crippen molar-refractivity contribution >= 4 is 30.8 Å². The Morgan fingerprint density at radius 3 is 1.27 bits per heavy atom. The molecule has 4 aromatic rings. The van der Waals surface area contributed by atoms with E-state index in [1.54, 1.807) is 94.4 Å². The molecule has 0 aromatic heterocycles. The molecule has 4 rings (SSSR count). The molecule has 0 aliphatic carbocycles. The van der Waals surface area contributed by atoms with E-state index < -0.39 is 50.2 Å².